The molecule has 1 aromatic heterocycles. The van der Waals surface area contributed by atoms with Gasteiger partial charge in [-0.1, -0.05) is 11.3 Å². The van der Waals surface area contributed by atoms with Crippen LogP contribution in [0.3, 0.4) is 0 Å². The number of methoxy groups -OCH3 is 1. The van der Waals surface area contributed by atoms with Crippen molar-refractivity contribution in [2.24, 2.45) is 0 Å². The number of nitrogens with zero attached hydrogens (tertiary/aromatic N) is 2. The molecule has 0 aliphatic rings. The van der Waals surface area contributed by atoms with Gasteiger partial charge in [0.1, 0.15) is 5.82 Å². The Hall–Kier alpha value is -1.82. The third-order valence-corrected chi connectivity index (χ3v) is 3.93. The van der Waals surface area contributed by atoms with Crippen LogP contribution in [0.15, 0.2) is 18.2 Å². The summed E-state index contributed by atoms with van der Waals surface area (Å²) >= 11 is 1.55. The van der Waals surface area contributed by atoms with Gasteiger partial charge in [-0.2, -0.15) is 4.98 Å². The number of hydrogen-bond acceptors (Lipinski definition) is 5. The van der Waals surface area contributed by atoms with E-state index in [-0.39, 0.29) is 5.82 Å². The van der Waals surface area contributed by atoms with E-state index in [0.717, 1.165) is 21.3 Å². The lowest BCUT2D eigenvalue weighted by atomic mass is 10.2. The molecule has 0 saturated heterocycles. The molecule has 0 radical (unpaired) electrons. The highest BCUT2D eigenvalue weighted by Crippen LogP contribution is 2.31. The Balaban J connectivity index is 2.13. The van der Waals surface area contributed by atoms with Crippen LogP contribution in [-0.2, 0) is 6.54 Å². The molecule has 108 valence electrons. The third kappa shape index (κ3) is 3.39. The second-order valence-electron chi connectivity index (χ2n) is 4.69. The van der Waals surface area contributed by atoms with Crippen LogP contribution in [0.5, 0.6) is 5.88 Å². The van der Waals surface area contributed by atoms with Crippen molar-refractivity contribution in [3.8, 4) is 5.88 Å². The van der Waals surface area contributed by atoms with Crippen LogP contribution in [0.4, 0.5) is 15.2 Å². The quantitative estimate of drug-likeness (QED) is 0.918. The molecule has 0 amide bonds. The summed E-state index contributed by atoms with van der Waals surface area (Å²) in [6.45, 7) is 2.42. The minimum Gasteiger partial charge on any atom is -0.480 e. The molecular weight excluding hydrogens is 277 g/mol. The van der Waals surface area contributed by atoms with Gasteiger partial charge in [0.2, 0.25) is 5.88 Å². The van der Waals surface area contributed by atoms with Gasteiger partial charge in [-0.15, -0.1) is 0 Å². The lowest BCUT2D eigenvalue weighted by Crippen LogP contribution is -2.07. The Morgan fingerprint density at radius 2 is 2.10 bits per heavy atom. The first-order valence-corrected chi connectivity index (χ1v) is 7.03. The summed E-state index contributed by atoms with van der Waals surface area (Å²) in [5.74, 6) is 0.372. The molecule has 1 N–H and O–H groups in total. The van der Waals surface area contributed by atoms with Gasteiger partial charge in [-0.25, -0.2) is 4.39 Å². The predicted octanol–water partition coefficient (Wildman–Crippen LogP) is 3.28. The fourth-order valence-corrected chi connectivity index (χ4v) is 2.70. The van der Waals surface area contributed by atoms with E-state index in [2.05, 4.69) is 10.3 Å². The number of nitrogens with one attached hydrogen (secondary N) is 1. The zero-order valence-corrected chi connectivity index (χ0v) is 12.8. The molecule has 0 atom stereocenters. The zero-order valence-electron chi connectivity index (χ0n) is 12.0. The average molecular weight is 295 g/mol. The fourth-order valence-electron chi connectivity index (χ4n) is 1.81. The molecule has 1 aromatic carbocycles. The second-order valence-corrected chi connectivity index (χ2v) is 5.76. The molecule has 0 spiro atoms. The molecule has 4 nitrogen and oxygen atoms in total. The van der Waals surface area contributed by atoms with Gasteiger partial charge in [-0.3, -0.25) is 0 Å². The molecule has 0 aliphatic heterocycles. The SMILES string of the molecule is COc1nc(N(C)C)sc1CNc1cc(C)cc(F)c1. The van der Waals surface area contributed by atoms with Crippen molar-refractivity contribution in [1.82, 2.24) is 4.98 Å². The van der Waals surface area contributed by atoms with Crippen molar-refractivity contribution in [1.29, 1.82) is 0 Å². The van der Waals surface area contributed by atoms with Crippen LogP contribution in [-0.4, -0.2) is 26.2 Å². The van der Waals surface area contributed by atoms with Crippen molar-refractivity contribution in [2.75, 3.05) is 31.4 Å². The van der Waals surface area contributed by atoms with Gasteiger partial charge >= 0.3 is 0 Å². The van der Waals surface area contributed by atoms with E-state index < -0.39 is 0 Å². The number of benzene rings is 1. The number of rotatable bonds is 5. The Morgan fingerprint density at radius 1 is 1.35 bits per heavy atom. The topological polar surface area (TPSA) is 37.4 Å². The van der Waals surface area contributed by atoms with E-state index in [1.807, 2.05) is 32.0 Å². The fraction of sp³-hybridized carbons (Fsp3) is 0.357. The summed E-state index contributed by atoms with van der Waals surface area (Å²) in [7, 11) is 5.47. The van der Waals surface area contributed by atoms with E-state index in [1.54, 1.807) is 18.4 Å². The Kier molecular flexibility index (Phi) is 4.44. The van der Waals surface area contributed by atoms with Gasteiger partial charge in [-0.05, 0) is 30.7 Å². The number of aromatic nitrogens is 1. The molecule has 0 fully saturated rings. The second kappa shape index (κ2) is 6.09. The molecule has 0 bridgehead atoms. The average Bonchev–Trinajstić information content (AvgIpc) is 2.78. The Labute approximate surface area is 122 Å². The minimum atomic E-state index is -0.238. The normalized spacial score (nSPS) is 10.4. The molecule has 1 heterocycles. The molecule has 0 saturated carbocycles. The summed E-state index contributed by atoms with van der Waals surface area (Å²) in [6.07, 6.45) is 0. The van der Waals surface area contributed by atoms with Crippen LogP contribution in [0, 0.1) is 12.7 Å². The number of thiazole rings is 1. The van der Waals surface area contributed by atoms with E-state index in [4.69, 9.17) is 4.74 Å². The third-order valence-electron chi connectivity index (χ3n) is 2.72. The maximum atomic E-state index is 13.3. The van der Waals surface area contributed by atoms with Crippen LogP contribution < -0.4 is 15.0 Å². The standard InChI is InChI=1S/C14H18FN3OS/c1-9-5-10(15)7-11(6-9)16-8-12-13(19-4)17-14(20-12)18(2)3/h5-7,16H,8H2,1-4H3. The minimum absolute atomic E-state index is 0.238. The van der Waals surface area contributed by atoms with Crippen molar-refractivity contribution < 1.29 is 9.13 Å². The number of anilines is 2. The summed E-state index contributed by atoms with van der Waals surface area (Å²) in [5, 5.41) is 4.08. The highest BCUT2D eigenvalue weighted by atomic mass is 32.1. The summed E-state index contributed by atoms with van der Waals surface area (Å²) in [4.78, 5) is 7.30. The number of hydrogen-bond donors (Lipinski definition) is 1. The monoisotopic (exact) mass is 295 g/mol. The number of halogens is 1. The maximum absolute atomic E-state index is 13.3. The maximum Gasteiger partial charge on any atom is 0.231 e. The van der Waals surface area contributed by atoms with Gasteiger partial charge in [0.25, 0.3) is 0 Å². The van der Waals surface area contributed by atoms with Gasteiger partial charge in [0.15, 0.2) is 5.13 Å². The van der Waals surface area contributed by atoms with Crippen LogP contribution in [0.1, 0.15) is 10.4 Å². The summed E-state index contributed by atoms with van der Waals surface area (Å²) in [6, 6.07) is 4.89. The van der Waals surface area contributed by atoms with Crippen molar-refractivity contribution in [3.05, 3.63) is 34.5 Å². The van der Waals surface area contributed by atoms with E-state index in [0.29, 0.717) is 12.4 Å². The molecule has 2 rings (SSSR count). The largest absolute Gasteiger partial charge is 0.480 e. The van der Waals surface area contributed by atoms with Crippen LogP contribution in [0.2, 0.25) is 0 Å². The van der Waals surface area contributed by atoms with E-state index in [9.17, 15) is 4.39 Å². The smallest absolute Gasteiger partial charge is 0.231 e. The molecule has 2 aromatic rings. The Morgan fingerprint density at radius 3 is 2.70 bits per heavy atom. The first-order chi connectivity index (χ1) is 9.49. The Bertz CT molecular complexity index is 578. The first kappa shape index (κ1) is 14.6. The van der Waals surface area contributed by atoms with E-state index in [1.165, 1.54) is 12.1 Å². The number of aryl methyl sites for hydroxylation is 1. The molecule has 0 unspecified atom stereocenters. The van der Waals surface area contributed by atoms with Crippen LogP contribution >= 0.6 is 11.3 Å². The number of ether oxygens (including phenoxy) is 1. The van der Waals surface area contributed by atoms with E-state index >= 15 is 0 Å². The first-order valence-electron chi connectivity index (χ1n) is 6.21. The molecule has 6 heteroatoms. The van der Waals surface area contributed by atoms with Crippen LogP contribution in [0.25, 0.3) is 0 Å². The predicted molar refractivity (Wildman–Crippen MR) is 81.5 cm³/mol. The van der Waals surface area contributed by atoms with Crippen molar-refractivity contribution >= 4 is 22.2 Å². The lowest BCUT2D eigenvalue weighted by Gasteiger charge is -2.07. The highest BCUT2D eigenvalue weighted by Gasteiger charge is 2.13. The van der Waals surface area contributed by atoms with Crippen molar-refractivity contribution in [2.45, 2.75) is 13.5 Å². The van der Waals surface area contributed by atoms with Gasteiger partial charge in [0.05, 0.1) is 18.5 Å². The zero-order chi connectivity index (χ0) is 14.7. The summed E-state index contributed by atoms with van der Waals surface area (Å²) < 4.78 is 18.6. The summed E-state index contributed by atoms with van der Waals surface area (Å²) in [5.41, 5.74) is 1.64. The lowest BCUT2D eigenvalue weighted by molar-refractivity contribution is 0.397. The van der Waals surface area contributed by atoms with Crippen molar-refractivity contribution in [3.63, 3.8) is 0 Å². The molecular formula is C14H18FN3OS. The highest BCUT2D eigenvalue weighted by molar-refractivity contribution is 7.15. The van der Waals surface area contributed by atoms with Gasteiger partial charge in [0, 0.05) is 19.8 Å². The molecule has 0 aliphatic carbocycles. The van der Waals surface area contributed by atoms with Gasteiger partial charge < -0.3 is 15.0 Å². The molecule has 20 heavy (non-hydrogen) atoms.